The van der Waals surface area contributed by atoms with Gasteiger partial charge in [0.05, 0.1) is 0 Å². The first-order valence-corrected chi connectivity index (χ1v) is 6.95. The minimum atomic E-state index is 0.554. The van der Waals surface area contributed by atoms with Crippen LogP contribution in [0.5, 0.6) is 0 Å². The second-order valence-corrected chi connectivity index (χ2v) is 5.60. The van der Waals surface area contributed by atoms with Crippen molar-refractivity contribution in [2.24, 2.45) is 0 Å². The third-order valence-electron chi connectivity index (χ3n) is 3.11. The Morgan fingerprint density at radius 3 is 2.81 bits per heavy atom. The van der Waals surface area contributed by atoms with E-state index in [1.54, 1.807) is 0 Å². The SMILES string of the molecule is Brc1nsc(C2CCc3ccccc3C2)n1. The molecule has 1 unspecified atom stereocenters. The van der Waals surface area contributed by atoms with Crippen LogP contribution in [0.25, 0.3) is 0 Å². The molecule has 82 valence electrons. The van der Waals surface area contributed by atoms with Gasteiger partial charge in [0.25, 0.3) is 0 Å². The highest BCUT2D eigenvalue weighted by Crippen LogP contribution is 2.33. The largest absolute Gasteiger partial charge is 0.214 e. The molecule has 1 atom stereocenters. The van der Waals surface area contributed by atoms with Gasteiger partial charge in [-0.25, -0.2) is 4.98 Å². The first-order valence-electron chi connectivity index (χ1n) is 5.39. The van der Waals surface area contributed by atoms with Gasteiger partial charge in [-0.05, 0) is 57.9 Å². The Hall–Kier alpha value is -0.740. The standard InChI is InChI=1S/C12H11BrN2S/c13-12-14-11(16-15-12)10-6-5-8-3-1-2-4-9(8)7-10/h1-4,10H,5-7H2. The van der Waals surface area contributed by atoms with E-state index in [1.165, 1.54) is 34.1 Å². The van der Waals surface area contributed by atoms with Crippen molar-refractivity contribution in [3.8, 4) is 0 Å². The zero-order valence-corrected chi connectivity index (χ0v) is 11.1. The predicted molar refractivity (Wildman–Crippen MR) is 68.8 cm³/mol. The Bertz CT molecular complexity index is 509. The summed E-state index contributed by atoms with van der Waals surface area (Å²) in [6, 6.07) is 8.72. The van der Waals surface area contributed by atoms with E-state index >= 15 is 0 Å². The Morgan fingerprint density at radius 2 is 2.06 bits per heavy atom. The maximum Gasteiger partial charge on any atom is 0.209 e. The van der Waals surface area contributed by atoms with Gasteiger partial charge in [0.1, 0.15) is 5.01 Å². The molecule has 0 N–H and O–H groups in total. The van der Waals surface area contributed by atoms with Crippen molar-refractivity contribution >= 4 is 27.5 Å². The van der Waals surface area contributed by atoms with Gasteiger partial charge in [0, 0.05) is 5.92 Å². The number of hydrogen-bond donors (Lipinski definition) is 0. The Balaban J connectivity index is 1.88. The van der Waals surface area contributed by atoms with E-state index in [0.29, 0.717) is 5.92 Å². The van der Waals surface area contributed by atoms with Crippen LogP contribution in [-0.4, -0.2) is 9.36 Å². The van der Waals surface area contributed by atoms with Crippen LogP contribution in [0.15, 0.2) is 29.0 Å². The van der Waals surface area contributed by atoms with Crippen LogP contribution in [0.3, 0.4) is 0 Å². The molecule has 1 aromatic heterocycles. The molecule has 0 spiro atoms. The van der Waals surface area contributed by atoms with Crippen molar-refractivity contribution in [1.82, 2.24) is 9.36 Å². The third kappa shape index (κ3) is 1.92. The van der Waals surface area contributed by atoms with Crippen LogP contribution in [0.4, 0.5) is 0 Å². The highest BCUT2D eigenvalue weighted by atomic mass is 79.9. The zero-order chi connectivity index (χ0) is 11.0. The Morgan fingerprint density at radius 1 is 1.25 bits per heavy atom. The van der Waals surface area contributed by atoms with Crippen molar-refractivity contribution in [3.05, 3.63) is 45.1 Å². The second kappa shape index (κ2) is 4.26. The van der Waals surface area contributed by atoms with Gasteiger partial charge in [-0.2, -0.15) is 4.37 Å². The predicted octanol–water partition coefficient (Wildman–Crippen LogP) is 3.57. The first kappa shape index (κ1) is 10.4. The molecule has 1 aromatic carbocycles. The summed E-state index contributed by atoms with van der Waals surface area (Å²) in [5.41, 5.74) is 2.98. The van der Waals surface area contributed by atoms with Crippen molar-refractivity contribution in [1.29, 1.82) is 0 Å². The van der Waals surface area contributed by atoms with E-state index in [-0.39, 0.29) is 0 Å². The van der Waals surface area contributed by atoms with Crippen LogP contribution < -0.4 is 0 Å². The lowest BCUT2D eigenvalue weighted by Crippen LogP contribution is -2.12. The zero-order valence-electron chi connectivity index (χ0n) is 8.69. The number of nitrogens with zero attached hydrogens (tertiary/aromatic N) is 2. The number of hydrogen-bond acceptors (Lipinski definition) is 3. The van der Waals surface area contributed by atoms with Gasteiger partial charge in [0.15, 0.2) is 0 Å². The molecule has 0 radical (unpaired) electrons. The van der Waals surface area contributed by atoms with E-state index in [2.05, 4.69) is 49.6 Å². The van der Waals surface area contributed by atoms with Crippen LogP contribution >= 0.6 is 27.5 Å². The molecule has 2 nitrogen and oxygen atoms in total. The topological polar surface area (TPSA) is 25.8 Å². The highest BCUT2D eigenvalue weighted by Gasteiger charge is 2.22. The second-order valence-electron chi connectivity index (χ2n) is 4.11. The van der Waals surface area contributed by atoms with Crippen molar-refractivity contribution in [2.45, 2.75) is 25.2 Å². The van der Waals surface area contributed by atoms with E-state index in [1.807, 2.05) is 0 Å². The summed E-state index contributed by atoms with van der Waals surface area (Å²) in [6.45, 7) is 0. The molecular weight excluding hydrogens is 284 g/mol. The van der Waals surface area contributed by atoms with Crippen molar-refractivity contribution < 1.29 is 0 Å². The number of fused-ring (bicyclic) bond motifs is 1. The molecule has 0 saturated carbocycles. The van der Waals surface area contributed by atoms with Crippen molar-refractivity contribution in [2.75, 3.05) is 0 Å². The molecule has 0 amide bonds. The molecule has 2 aromatic rings. The van der Waals surface area contributed by atoms with Crippen LogP contribution in [0.1, 0.15) is 28.5 Å². The smallest absolute Gasteiger partial charge is 0.209 e. The average molecular weight is 295 g/mol. The number of rotatable bonds is 1. The molecule has 0 fully saturated rings. The molecule has 0 bridgehead atoms. The van der Waals surface area contributed by atoms with E-state index in [0.717, 1.165) is 17.6 Å². The number of halogens is 1. The Kier molecular flexibility index (Phi) is 2.77. The summed E-state index contributed by atoms with van der Waals surface area (Å²) < 4.78 is 4.92. The molecule has 3 rings (SSSR count). The van der Waals surface area contributed by atoms with E-state index < -0.39 is 0 Å². The quantitative estimate of drug-likeness (QED) is 0.803. The molecule has 4 heteroatoms. The normalized spacial score (nSPS) is 19.4. The molecule has 1 heterocycles. The van der Waals surface area contributed by atoms with Crippen LogP contribution in [0, 0.1) is 0 Å². The molecule has 16 heavy (non-hydrogen) atoms. The van der Waals surface area contributed by atoms with E-state index in [9.17, 15) is 0 Å². The van der Waals surface area contributed by atoms with Gasteiger partial charge in [-0.3, -0.25) is 0 Å². The van der Waals surface area contributed by atoms with Gasteiger partial charge in [-0.15, -0.1) is 0 Å². The minimum Gasteiger partial charge on any atom is -0.214 e. The first-order chi connectivity index (χ1) is 7.83. The van der Waals surface area contributed by atoms with Gasteiger partial charge < -0.3 is 0 Å². The maximum atomic E-state index is 4.43. The van der Waals surface area contributed by atoms with Gasteiger partial charge in [-0.1, -0.05) is 24.3 Å². The molecular formula is C12H11BrN2S. The summed E-state index contributed by atoms with van der Waals surface area (Å²) in [7, 11) is 0. The third-order valence-corrected chi connectivity index (χ3v) is 4.58. The van der Waals surface area contributed by atoms with Crippen LogP contribution in [0.2, 0.25) is 0 Å². The summed E-state index contributed by atoms with van der Waals surface area (Å²) in [4.78, 5) is 4.43. The van der Waals surface area contributed by atoms with Gasteiger partial charge in [0.2, 0.25) is 4.73 Å². The minimum absolute atomic E-state index is 0.554. The lowest BCUT2D eigenvalue weighted by atomic mass is 9.84. The molecule has 0 saturated heterocycles. The van der Waals surface area contributed by atoms with E-state index in [4.69, 9.17) is 0 Å². The Labute approximate surface area is 107 Å². The summed E-state index contributed by atoms with van der Waals surface area (Å²) in [6.07, 6.45) is 3.47. The summed E-state index contributed by atoms with van der Waals surface area (Å²) in [5.74, 6) is 0.554. The number of benzene rings is 1. The summed E-state index contributed by atoms with van der Waals surface area (Å²) >= 11 is 4.84. The van der Waals surface area contributed by atoms with Crippen LogP contribution in [-0.2, 0) is 12.8 Å². The van der Waals surface area contributed by atoms with Gasteiger partial charge >= 0.3 is 0 Å². The number of aryl methyl sites for hydroxylation is 1. The fraction of sp³-hybridized carbons (Fsp3) is 0.333. The van der Waals surface area contributed by atoms with Crippen molar-refractivity contribution in [3.63, 3.8) is 0 Å². The maximum absolute atomic E-state index is 4.43. The average Bonchev–Trinajstić information content (AvgIpc) is 2.75. The number of aromatic nitrogens is 2. The molecule has 1 aliphatic carbocycles. The fourth-order valence-electron chi connectivity index (χ4n) is 2.29. The lowest BCUT2D eigenvalue weighted by molar-refractivity contribution is 0.581. The highest BCUT2D eigenvalue weighted by molar-refractivity contribution is 9.10. The summed E-state index contributed by atoms with van der Waals surface area (Å²) in [5, 5.41) is 1.17. The fourth-order valence-corrected chi connectivity index (χ4v) is 3.50. The lowest BCUT2D eigenvalue weighted by Gasteiger charge is -2.22. The molecule has 0 aliphatic heterocycles. The monoisotopic (exact) mass is 294 g/mol. The molecule has 1 aliphatic rings.